The van der Waals surface area contributed by atoms with Crippen molar-refractivity contribution in [3.8, 4) is 0 Å². The Balaban J connectivity index is 0.00000145. The molecule has 0 aromatic carbocycles. The molecule has 3 aliphatic rings. The maximum Gasteiger partial charge on any atom is -0.153 e. The quantitative estimate of drug-likeness (QED) is 0.475. The summed E-state index contributed by atoms with van der Waals surface area (Å²) in [7, 11) is 0.750. The molecule has 0 aromatic heterocycles. The van der Waals surface area contributed by atoms with Gasteiger partial charge in [-0.2, -0.15) is 7.11 Å². The molecule has 0 N–H and O–H groups in total. The Morgan fingerprint density at radius 3 is 2.14 bits per heavy atom. The minimum Gasteiger partial charge on any atom is -0.857 e. The number of fused-ring (bicyclic) bond motifs is 2. The van der Waals surface area contributed by atoms with Gasteiger partial charge in [0, 0.05) is 0 Å². The second-order valence-electron chi connectivity index (χ2n) is 7.61. The molecule has 0 radical (unpaired) electrons. The predicted octanol–water partition coefficient (Wildman–Crippen LogP) is 4.36. The summed E-state index contributed by atoms with van der Waals surface area (Å²) in [6, 6.07) is 0. The van der Waals surface area contributed by atoms with Crippen molar-refractivity contribution in [2.24, 2.45) is 0 Å². The van der Waals surface area contributed by atoms with Crippen LogP contribution in [0.4, 0.5) is 0 Å². The largest absolute Gasteiger partial charge is 0.857 e. The van der Waals surface area contributed by atoms with E-state index in [1.165, 1.54) is 34.3 Å². The molecule has 5 nitrogen and oxygen atoms in total. The molecule has 156 valence electrons. The van der Waals surface area contributed by atoms with Crippen LogP contribution in [0.25, 0.3) is 0 Å². The molecule has 0 spiro atoms. The van der Waals surface area contributed by atoms with Gasteiger partial charge in [0.2, 0.25) is 0 Å². The van der Waals surface area contributed by atoms with Gasteiger partial charge < -0.3 is 5.11 Å². The topological polar surface area (TPSA) is 75.7 Å². The van der Waals surface area contributed by atoms with Crippen LogP contribution in [0.2, 0.25) is 4.22 Å². The monoisotopic (exact) mass is 434 g/mol. The first-order valence-corrected chi connectivity index (χ1v) is 12.2. The van der Waals surface area contributed by atoms with E-state index >= 15 is 0 Å². The number of hydrogen-bond donors (Lipinski definition) is 0. The first-order chi connectivity index (χ1) is 13.8. The van der Waals surface area contributed by atoms with Gasteiger partial charge in [0.1, 0.15) is 0 Å². The van der Waals surface area contributed by atoms with Crippen molar-refractivity contribution in [2.75, 3.05) is 7.11 Å². The van der Waals surface area contributed by atoms with Gasteiger partial charge in [0.25, 0.3) is 0 Å². The second kappa shape index (κ2) is 10.4. The molecule has 1 fully saturated rings. The average Bonchev–Trinajstić information content (AvgIpc) is 3.01. The number of carbonyl (C=O) groups excluding carboxylic acids is 2. The van der Waals surface area contributed by atoms with Crippen molar-refractivity contribution in [1.82, 2.24) is 0 Å². The van der Waals surface area contributed by atoms with Crippen molar-refractivity contribution < 1.29 is 40.0 Å². The fraction of sp³-hybridized carbons (Fsp3) is 0.478. The predicted molar refractivity (Wildman–Crippen MR) is 107 cm³/mol. The van der Waals surface area contributed by atoms with Crippen LogP contribution in [0.3, 0.4) is 0 Å². The smallest absolute Gasteiger partial charge is 0.153 e. The van der Waals surface area contributed by atoms with Gasteiger partial charge in [-0.15, -0.1) is 0 Å². The average molecular weight is 434 g/mol. The molecule has 0 bridgehead atoms. The third-order valence-electron chi connectivity index (χ3n) is 5.44. The Bertz CT molecular complexity index is 787. The van der Waals surface area contributed by atoms with E-state index in [9.17, 15) is 9.59 Å². The van der Waals surface area contributed by atoms with Crippen LogP contribution in [0.1, 0.15) is 59.3 Å². The number of carbonyl (C=O) groups is 2. The third kappa shape index (κ3) is 5.08. The first-order valence-electron chi connectivity index (χ1n) is 9.98. The molecule has 29 heavy (non-hydrogen) atoms. The Labute approximate surface area is 180 Å². The van der Waals surface area contributed by atoms with Gasteiger partial charge in [-0.3, -0.25) is 0 Å². The summed E-state index contributed by atoms with van der Waals surface area (Å²) in [6.45, 7) is 12.7. The van der Waals surface area contributed by atoms with Crippen LogP contribution in [0.15, 0.2) is 58.2 Å². The fourth-order valence-corrected chi connectivity index (χ4v) is 7.44. The molecular formula is C23H30O5Ti. The Kier molecular flexibility index (Phi) is 8.44. The number of rotatable bonds is 5. The van der Waals surface area contributed by atoms with Gasteiger partial charge >= 0.3 is 169 Å². The molecule has 3 rings (SSSR count). The zero-order valence-electron chi connectivity index (χ0n) is 17.9. The van der Waals surface area contributed by atoms with Crippen LogP contribution in [0, 0.1) is 0 Å². The molecule has 1 unspecified atom stereocenters. The van der Waals surface area contributed by atoms with E-state index in [0.29, 0.717) is 11.1 Å². The zero-order valence-corrected chi connectivity index (χ0v) is 19.4. The minimum atomic E-state index is -2.99. The molecular weight excluding hydrogens is 404 g/mol. The number of hydrogen-bond acceptors (Lipinski definition) is 5. The molecule has 0 heterocycles. The molecule has 0 saturated heterocycles. The molecule has 1 atom stereocenters. The van der Waals surface area contributed by atoms with E-state index < -0.39 is 30.6 Å². The Morgan fingerprint density at radius 1 is 1.03 bits per heavy atom. The molecule has 0 aromatic rings. The van der Waals surface area contributed by atoms with E-state index in [1.807, 2.05) is 0 Å². The van der Waals surface area contributed by atoms with E-state index in [-0.39, 0.29) is 4.22 Å². The SMILES string of the molecule is C=C(C)C(=O)[O][Ti+]([O]C(=O)C(=C)C)[CH]1CCCC2=C3CCCC=C3C(C)=C21.C[O-]. The summed E-state index contributed by atoms with van der Waals surface area (Å²) in [5.74, 6) is -0.931. The summed E-state index contributed by atoms with van der Waals surface area (Å²) < 4.78 is 11.5. The minimum absolute atomic E-state index is 0.0133. The second-order valence-corrected chi connectivity index (χ2v) is 10.3. The zero-order chi connectivity index (χ0) is 21.7. The Hall–Kier alpha value is -1.69. The van der Waals surface area contributed by atoms with E-state index in [4.69, 9.17) is 11.7 Å². The van der Waals surface area contributed by atoms with Crippen LogP contribution >= 0.6 is 0 Å². The molecule has 3 aliphatic carbocycles. The summed E-state index contributed by atoms with van der Waals surface area (Å²) in [4.78, 5) is 24.5. The summed E-state index contributed by atoms with van der Waals surface area (Å²) >= 11 is -2.99. The molecule has 1 saturated carbocycles. The van der Waals surface area contributed by atoms with Crippen LogP contribution < -0.4 is 5.11 Å². The Morgan fingerprint density at radius 2 is 1.59 bits per heavy atom. The molecule has 6 heteroatoms. The maximum absolute atomic E-state index is 12.2. The molecule has 0 amide bonds. The molecule has 0 aliphatic heterocycles. The van der Waals surface area contributed by atoms with Crippen LogP contribution in [0.5, 0.6) is 0 Å². The van der Waals surface area contributed by atoms with Crippen molar-refractivity contribution in [3.63, 3.8) is 0 Å². The van der Waals surface area contributed by atoms with E-state index in [1.54, 1.807) is 13.8 Å². The van der Waals surface area contributed by atoms with Gasteiger partial charge in [0.15, 0.2) is 0 Å². The number of allylic oxidation sites excluding steroid dienone is 6. The van der Waals surface area contributed by atoms with Crippen LogP contribution in [-0.2, 0) is 34.9 Å². The van der Waals surface area contributed by atoms with Gasteiger partial charge in [-0.25, -0.2) is 0 Å². The van der Waals surface area contributed by atoms with Gasteiger partial charge in [-0.05, 0) is 0 Å². The van der Waals surface area contributed by atoms with E-state index in [2.05, 4.69) is 26.2 Å². The van der Waals surface area contributed by atoms with Gasteiger partial charge in [-0.1, -0.05) is 0 Å². The van der Waals surface area contributed by atoms with Gasteiger partial charge in [0.05, 0.1) is 0 Å². The third-order valence-corrected chi connectivity index (χ3v) is 8.44. The standard InChI is InChI=1S/C14H17.2C4H6O2.CH3O.Ti/c1-10-11-6-2-4-8-13(11)14-9-5-3-7-12(10)14;2*1-3(2)4(5)6;1-2;/h6-7H,2-5,8-9H2,1H3;2*1H2,2H3,(H,5,6);1H3;/q;;;-1;+3/p-2. The first kappa shape index (κ1) is 23.6. The normalized spacial score (nSPS) is 19.9. The summed E-state index contributed by atoms with van der Waals surface area (Å²) in [5.41, 5.74) is 7.47. The van der Waals surface area contributed by atoms with E-state index in [0.717, 1.165) is 39.2 Å². The summed E-state index contributed by atoms with van der Waals surface area (Å²) in [6.07, 6.45) is 8.72. The van der Waals surface area contributed by atoms with Crippen molar-refractivity contribution >= 4 is 11.9 Å². The summed E-state index contributed by atoms with van der Waals surface area (Å²) in [5, 5.41) is 8.25. The maximum atomic E-state index is 12.2. The van der Waals surface area contributed by atoms with Crippen LogP contribution in [-0.4, -0.2) is 19.0 Å². The van der Waals surface area contributed by atoms with Crippen molar-refractivity contribution in [3.05, 3.63) is 58.2 Å². The fourth-order valence-electron chi connectivity index (χ4n) is 4.15. The van der Waals surface area contributed by atoms with Crippen molar-refractivity contribution in [2.45, 2.75) is 63.5 Å². The van der Waals surface area contributed by atoms with Crippen molar-refractivity contribution in [1.29, 1.82) is 0 Å².